The van der Waals surface area contributed by atoms with Crippen molar-refractivity contribution in [1.82, 2.24) is 4.90 Å². The molecule has 0 aliphatic carbocycles. The van der Waals surface area contributed by atoms with Crippen molar-refractivity contribution < 1.29 is 9.90 Å². The molecular weight excluding hydrogens is 300 g/mol. The summed E-state index contributed by atoms with van der Waals surface area (Å²) in [6.07, 6.45) is 0.154. The van der Waals surface area contributed by atoms with E-state index in [1.165, 1.54) is 5.56 Å². The average molecular weight is 324 g/mol. The topological polar surface area (TPSA) is 43.8 Å². The van der Waals surface area contributed by atoms with Crippen molar-refractivity contribution in [3.63, 3.8) is 0 Å². The zero-order valence-corrected chi connectivity index (χ0v) is 14.0. The zero-order chi connectivity index (χ0) is 16.9. The molecule has 3 rings (SSSR count). The first-order chi connectivity index (χ1) is 11.6. The number of carboxylic acids is 1. The number of nitrogens with zero attached hydrogens (tertiary/aromatic N) is 2. The van der Waals surface area contributed by atoms with E-state index < -0.39 is 5.97 Å². The minimum absolute atomic E-state index is 0.0256. The summed E-state index contributed by atoms with van der Waals surface area (Å²) in [6, 6.07) is 20.7. The molecule has 0 amide bonds. The molecule has 2 aromatic carbocycles. The fourth-order valence-corrected chi connectivity index (χ4v) is 3.55. The third kappa shape index (κ3) is 3.77. The molecule has 0 radical (unpaired) electrons. The highest BCUT2D eigenvalue weighted by molar-refractivity contribution is 5.69. The molecule has 0 unspecified atom stereocenters. The summed E-state index contributed by atoms with van der Waals surface area (Å²) in [7, 11) is 0. The zero-order valence-electron chi connectivity index (χ0n) is 14.0. The number of carboxylic acid groups (broad SMARTS) is 1. The van der Waals surface area contributed by atoms with Gasteiger partial charge in [0.1, 0.15) is 0 Å². The van der Waals surface area contributed by atoms with Gasteiger partial charge in [-0.05, 0) is 24.6 Å². The molecule has 1 saturated heterocycles. The lowest BCUT2D eigenvalue weighted by atomic mass is 9.98. The Morgan fingerprint density at radius 1 is 1.04 bits per heavy atom. The molecule has 2 aromatic rings. The van der Waals surface area contributed by atoms with Gasteiger partial charge >= 0.3 is 5.97 Å². The van der Waals surface area contributed by atoms with Gasteiger partial charge in [0.05, 0.1) is 12.5 Å². The maximum Gasteiger partial charge on any atom is 0.305 e. The molecule has 4 heteroatoms. The highest BCUT2D eigenvalue weighted by Crippen LogP contribution is 2.27. The monoisotopic (exact) mass is 324 g/mol. The smallest absolute Gasteiger partial charge is 0.305 e. The Balaban J connectivity index is 1.79. The summed E-state index contributed by atoms with van der Waals surface area (Å²) in [5, 5.41) is 9.38. The van der Waals surface area contributed by atoms with Gasteiger partial charge in [-0.15, -0.1) is 0 Å². The SMILES string of the molecule is C[C@@H]1[C@H](CC(=O)O)N(c2ccccc2)CCN1Cc1ccccc1. The summed E-state index contributed by atoms with van der Waals surface area (Å²) < 4.78 is 0. The van der Waals surface area contributed by atoms with E-state index in [0.29, 0.717) is 0 Å². The minimum atomic E-state index is -0.741. The molecule has 0 saturated carbocycles. The summed E-state index contributed by atoms with van der Waals surface area (Å²) in [5.74, 6) is -0.741. The van der Waals surface area contributed by atoms with E-state index in [1.54, 1.807) is 0 Å². The molecule has 2 atom stereocenters. The minimum Gasteiger partial charge on any atom is -0.481 e. The van der Waals surface area contributed by atoms with E-state index in [1.807, 2.05) is 24.3 Å². The second-order valence-corrected chi connectivity index (χ2v) is 6.39. The van der Waals surface area contributed by atoms with Crippen LogP contribution in [-0.4, -0.2) is 41.1 Å². The molecule has 1 N–H and O–H groups in total. The standard InChI is InChI=1S/C20H24N2O2/c1-16-19(14-20(23)24)22(18-10-6-3-7-11-18)13-12-21(16)15-17-8-4-2-5-9-17/h2-11,16,19H,12-15H2,1H3,(H,23,24)/t16-,19+/m1/s1. The van der Waals surface area contributed by atoms with E-state index in [9.17, 15) is 9.90 Å². The van der Waals surface area contributed by atoms with E-state index >= 15 is 0 Å². The fourth-order valence-electron chi connectivity index (χ4n) is 3.55. The molecular formula is C20H24N2O2. The van der Waals surface area contributed by atoms with Gasteiger partial charge in [-0.3, -0.25) is 9.69 Å². The molecule has 24 heavy (non-hydrogen) atoms. The van der Waals surface area contributed by atoms with Crippen LogP contribution in [0, 0.1) is 0 Å². The first-order valence-corrected chi connectivity index (χ1v) is 8.46. The maximum absolute atomic E-state index is 11.4. The number of piperazine rings is 1. The number of rotatable bonds is 5. The first kappa shape index (κ1) is 16.5. The quantitative estimate of drug-likeness (QED) is 0.917. The van der Waals surface area contributed by atoms with Crippen LogP contribution in [0.3, 0.4) is 0 Å². The Kier molecular flexibility index (Phi) is 5.16. The van der Waals surface area contributed by atoms with Gasteiger partial charge in [0.15, 0.2) is 0 Å². The number of hydrogen-bond donors (Lipinski definition) is 1. The van der Waals surface area contributed by atoms with Crippen molar-refractivity contribution in [2.75, 3.05) is 18.0 Å². The predicted octanol–water partition coefficient (Wildman–Crippen LogP) is 3.24. The number of benzene rings is 2. The number of para-hydroxylation sites is 1. The molecule has 0 aromatic heterocycles. The van der Waals surface area contributed by atoms with Gasteiger partial charge in [0.2, 0.25) is 0 Å². The van der Waals surface area contributed by atoms with E-state index in [2.05, 4.69) is 53.1 Å². The predicted molar refractivity (Wildman–Crippen MR) is 96.1 cm³/mol. The normalized spacial score (nSPS) is 21.6. The average Bonchev–Trinajstić information content (AvgIpc) is 2.60. The Hall–Kier alpha value is -2.33. The lowest BCUT2D eigenvalue weighted by Gasteiger charge is -2.47. The summed E-state index contributed by atoms with van der Waals surface area (Å²) in [5.41, 5.74) is 2.38. The van der Waals surface area contributed by atoms with E-state index in [4.69, 9.17) is 0 Å². The molecule has 1 heterocycles. The van der Waals surface area contributed by atoms with Crippen molar-refractivity contribution in [2.45, 2.75) is 32.0 Å². The second-order valence-electron chi connectivity index (χ2n) is 6.39. The number of carbonyl (C=O) groups is 1. The Morgan fingerprint density at radius 3 is 2.29 bits per heavy atom. The summed E-state index contributed by atoms with van der Waals surface area (Å²) in [6.45, 7) is 4.78. The lowest BCUT2D eigenvalue weighted by molar-refractivity contribution is -0.138. The van der Waals surface area contributed by atoms with Crippen molar-refractivity contribution in [1.29, 1.82) is 0 Å². The Labute approximate surface area is 143 Å². The highest BCUT2D eigenvalue weighted by atomic mass is 16.4. The van der Waals surface area contributed by atoms with Gasteiger partial charge in [-0.25, -0.2) is 0 Å². The largest absolute Gasteiger partial charge is 0.481 e. The second kappa shape index (κ2) is 7.49. The molecule has 4 nitrogen and oxygen atoms in total. The highest BCUT2D eigenvalue weighted by Gasteiger charge is 2.35. The molecule has 0 spiro atoms. The lowest BCUT2D eigenvalue weighted by Crippen LogP contribution is -2.58. The molecule has 126 valence electrons. The van der Waals surface area contributed by atoms with Gasteiger partial charge in [-0.1, -0.05) is 48.5 Å². The van der Waals surface area contributed by atoms with Crippen LogP contribution in [0.1, 0.15) is 18.9 Å². The van der Waals surface area contributed by atoms with Crippen molar-refractivity contribution >= 4 is 11.7 Å². The molecule has 1 aliphatic heterocycles. The van der Waals surface area contributed by atoms with Gasteiger partial charge in [-0.2, -0.15) is 0 Å². The summed E-state index contributed by atoms with van der Waals surface area (Å²) >= 11 is 0. The van der Waals surface area contributed by atoms with Crippen LogP contribution in [0.5, 0.6) is 0 Å². The third-order valence-electron chi connectivity index (χ3n) is 4.86. The first-order valence-electron chi connectivity index (χ1n) is 8.46. The van der Waals surface area contributed by atoms with Gasteiger partial charge in [0.25, 0.3) is 0 Å². The maximum atomic E-state index is 11.4. The van der Waals surface area contributed by atoms with E-state index in [0.717, 1.165) is 25.3 Å². The van der Waals surface area contributed by atoms with Crippen LogP contribution < -0.4 is 4.90 Å². The van der Waals surface area contributed by atoms with Crippen LogP contribution in [-0.2, 0) is 11.3 Å². The molecule has 1 fully saturated rings. The van der Waals surface area contributed by atoms with Crippen LogP contribution in [0.25, 0.3) is 0 Å². The molecule has 1 aliphatic rings. The van der Waals surface area contributed by atoms with Gasteiger partial charge < -0.3 is 10.0 Å². The van der Waals surface area contributed by atoms with Crippen LogP contribution >= 0.6 is 0 Å². The molecule has 0 bridgehead atoms. The van der Waals surface area contributed by atoms with Crippen molar-refractivity contribution in [3.8, 4) is 0 Å². The van der Waals surface area contributed by atoms with Gasteiger partial charge in [0, 0.05) is 31.4 Å². The number of hydrogen-bond acceptors (Lipinski definition) is 3. The van der Waals surface area contributed by atoms with Crippen molar-refractivity contribution in [2.24, 2.45) is 0 Å². The number of anilines is 1. The van der Waals surface area contributed by atoms with Crippen LogP contribution in [0.2, 0.25) is 0 Å². The van der Waals surface area contributed by atoms with Crippen LogP contribution in [0.15, 0.2) is 60.7 Å². The van der Waals surface area contributed by atoms with E-state index in [-0.39, 0.29) is 18.5 Å². The third-order valence-corrected chi connectivity index (χ3v) is 4.86. The Morgan fingerprint density at radius 2 is 1.67 bits per heavy atom. The summed E-state index contributed by atoms with van der Waals surface area (Å²) in [4.78, 5) is 16.1. The fraction of sp³-hybridized carbons (Fsp3) is 0.350. The number of aliphatic carboxylic acids is 1. The van der Waals surface area contributed by atoms with Crippen molar-refractivity contribution in [3.05, 3.63) is 66.2 Å². The van der Waals surface area contributed by atoms with Crippen LogP contribution in [0.4, 0.5) is 5.69 Å². The Bertz CT molecular complexity index is 660.